The maximum atomic E-state index is 5.73. The lowest BCUT2D eigenvalue weighted by atomic mass is 10.2. The Morgan fingerprint density at radius 2 is 1.94 bits per heavy atom. The Bertz CT molecular complexity index is 501. The van der Waals surface area contributed by atoms with Crippen molar-refractivity contribution in [1.82, 2.24) is 9.36 Å². The van der Waals surface area contributed by atoms with Gasteiger partial charge in [0.15, 0.2) is 17.3 Å². The molecule has 6 heteroatoms. The average Bonchev–Trinajstić information content (AvgIpc) is 2.75. The lowest BCUT2D eigenvalue weighted by molar-refractivity contribution is 0.355. The molecule has 1 aromatic carbocycles. The lowest BCUT2D eigenvalue weighted by Crippen LogP contribution is -1.91. The Hall–Kier alpha value is -1.33. The molecule has 0 fully saturated rings. The predicted molar refractivity (Wildman–Crippen MR) is 63.5 cm³/mol. The first-order valence-corrected chi connectivity index (χ1v) is 5.61. The van der Waals surface area contributed by atoms with Gasteiger partial charge >= 0.3 is 0 Å². The number of halogens is 1. The summed E-state index contributed by atoms with van der Waals surface area (Å²) in [5.41, 5.74) is 0.848. The topological polar surface area (TPSA) is 44.2 Å². The van der Waals surface area contributed by atoms with Crippen molar-refractivity contribution in [2.45, 2.75) is 0 Å². The molecule has 0 radical (unpaired) electrons. The van der Waals surface area contributed by atoms with Crippen molar-refractivity contribution in [3.63, 3.8) is 0 Å². The Kier molecular flexibility index (Phi) is 3.26. The molecule has 0 unspecified atom stereocenters. The van der Waals surface area contributed by atoms with Crippen LogP contribution in [0.2, 0.25) is 4.47 Å². The molecule has 0 aliphatic heterocycles. The van der Waals surface area contributed by atoms with E-state index in [1.54, 1.807) is 14.2 Å². The molecular formula is C10H9ClN2O2S. The highest BCUT2D eigenvalue weighted by Gasteiger charge is 2.09. The van der Waals surface area contributed by atoms with Gasteiger partial charge in [-0.3, -0.25) is 0 Å². The van der Waals surface area contributed by atoms with E-state index in [1.807, 2.05) is 18.2 Å². The van der Waals surface area contributed by atoms with Gasteiger partial charge in [0.2, 0.25) is 4.47 Å². The van der Waals surface area contributed by atoms with Crippen LogP contribution >= 0.6 is 23.1 Å². The van der Waals surface area contributed by atoms with Gasteiger partial charge in [-0.15, -0.1) is 0 Å². The molecule has 0 saturated carbocycles. The first-order chi connectivity index (χ1) is 7.74. The van der Waals surface area contributed by atoms with E-state index < -0.39 is 0 Å². The minimum atomic E-state index is 0.421. The van der Waals surface area contributed by atoms with Gasteiger partial charge in [0.05, 0.1) is 14.2 Å². The summed E-state index contributed by atoms with van der Waals surface area (Å²) in [4.78, 5) is 4.09. The van der Waals surface area contributed by atoms with Crippen LogP contribution in [0.3, 0.4) is 0 Å². The van der Waals surface area contributed by atoms with E-state index >= 15 is 0 Å². The molecule has 2 rings (SSSR count). The molecular weight excluding hydrogens is 248 g/mol. The van der Waals surface area contributed by atoms with Gasteiger partial charge in [0.25, 0.3) is 0 Å². The van der Waals surface area contributed by atoms with Crippen molar-refractivity contribution in [3.8, 4) is 22.9 Å². The van der Waals surface area contributed by atoms with Crippen LogP contribution < -0.4 is 9.47 Å². The first-order valence-electron chi connectivity index (χ1n) is 4.46. The SMILES string of the molecule is COc1ccc(-c2nsc(Cl)n2)cc1OC. The van der Waals surface area contributed by atoms with Gasteiger partial charge in [-0.2, -0.15) is 4.37 Å². The summed E-state index contributed by atoms with van der Waals surface area (Å²) in [6, 6.07) is 5.49. The van der Waals surface area contributed by atoms with Crippen LogP contribution in [-0.2, 0) is 0 Å². The standard InChI is InChI=1S/C10H9ClN2O2S/c1-14-7-4-3-6(5-8(7)15-2)9-12-10(11)16-13-9/h3-5H,1-2H3. The number of benzene rings is 1. The number of methoxy groups -OCH3 is 2. The average molecular weight is 257 g/mol. The number of hydrogen-bond donors (Lipinski definition) is 0. The monoisotopic (exact) mass is 256 g/mol. The smallest absolute Gasteiger partial charge is 0.203 e. The van der Waals surface area contributed by atoms with Crippen LogP contribution in [0.4, 0.5) is 0 Å². The van der Waals surface area contributed by atoms with Crippen molar-refractivity contribution in [2.24, 2.45) is 0 Å². The minimum absolute atomic E-state index is 0.421. The van der Waals surface area contributed by atoms with Gasteiger partial charge in [0.1, 0.15) is 0 Å². The zero-order valence-corrected chi connectivity index (χ0v) is 10.3. The van der Waals surface area contributed by atoms with Gasteiger partial charge in [-0.25, -0.2) is 4.98 Å². The fraction of sp³-hybridized carbons (Fsp3) is 0.200. The van der Waals surface area contributed by atoms with Crippen molar-refractivity contribution < 1.29 is 9.47 Å². The quantitative estimate of drug-likeness (QED) is 0.847. The second kappa shape index (κ2) is 4.67. The Labute approximate surface area is 102 Å². The van der Waals surface area contributed by atoms with Gasteiger partial charge in [-0.05, 0) is 41.3 Å². The summed E-state index contributed by atoms with van der Waals surface area (Å²) in [7, 11) is 3.18. The summed E-state index contributed by atoms with van der Waals surface area (Å²) in [5.74, 6) is 1.91. The van der Waals surface area contributed by atoms with Gasteiger partial charge in [-0.1, -0.05) is 0 Å². The molecule has 0 saturated heterocycles. The van der Waals surface area contributed by atoms with Crippen molar-refractivity contribution in [2.75, 3.05) is 14.2 Å². The molecule has 0 aliphatic carbocycles. The molecule has 84 valence electrons. The number of nitrogens with zero attached hydrogens (tertiary/aromatic N) is 2. The third kappa shape index (κ3) is 2.10. The van der Waals surface area contributed by atoms with Crippen molar-refractivity contribution >= 4 is 23.1 Å². The van der Waals surface area contributed by atoms with E-state index in [-0.39, 0.29) is 0 Å². The molecule has 0 bridgehead atoms. The van der Waals surface area contributed by atoms with E-state index in [9.17, 15) is 0 Å². The van der Waals surface area contributed by atoms with Crippen LogP contribution in [0, 0.1) is 0 Å². The van der Waals surface area contributed by atoms with Gasteiger partial charge in [0, 0.05) is 5.56 Å². The van der Waals surface area contributed by atoms with E-state index in [4.69, 9.17) is 21.1 Å². The number of rotatable bonds is 3. The highest BCUT2D eigenvalue weighted by molar-refractivity contribution is 7.10. The summed E-state index contributed by atoms with van der Waals surface area (Å²) >= 11 is 6.89. The Morgan fingerprint density at radius 1 is 1.19 bits per heavy atom. The number of aromatic nitrogens is 2. The molecule has 4 nitrogen and oxygen atoms in total. The molecule has 1 aromatic heterocycles. The molecule has 16 heavy (non-hydrogen) atoms. The zero-order chi connectivity index (χ0) is 11.5. The molecule has 0 aliphatic rings. The van der Waals surface area contributed by atoms with E-state index in [2.05, 4.69) is 9.36 Å². The fourth-order valence-electron chi connectivity index (χ4n) is 1.30. The highest BCUT2D eigenvalue weighted by atomic mass is 35.5. The van der Waals surface area contributed by atoms with Crippen LogP contribution in [0.15, 0.2) is 18.2 Å². The first kappa shape index (κ1) is 11.2. The summed E-state index contributed by atoms with van der Waals surface area (Å²) in [6.45, 7) is 0. The van der Waals surface area contributed by atoms with E-state index in [1.165, 1.54) is 0 Å². The zero-order valence-electron chi connectivity index (χ0n) is 8.73. The van der Waals surface area contributed by atoms with Crippen molar-refractivity contribution in [1.29, 1.82) is 0 Å². The van der Waals surface area contributed by atoms with Crippen LogP contribution in [0.5, 0.6) is 11.5 Å². The predicted octanol–water partition coefficient (Wildman–Crippen LogP) is 2.88. The lowest BCUT2D eigenvalue weighted by Gasteiger charge is -2.07. The number of ether oxygens (including phenoxy) is 2. The molecule has 2 aromatic rings. The van der Waals surface area contributed by atoms with Gasteiger partial charge < -0.3 is 9.47 Å². The normalized spacial score (nSPS) is 10.2. The second-order valence-electron chi connectivity index (χ2n) is 2.94. The molecule has 0 N–H and O–H groups in total. The Morgan fingerprint density at radius 3 is 2.50 bits per heavy atom. The molecule has 0 spiro atoms. The second-order valence-corrected chi connectivity index (χ2v) is 4.27. The summed E-state index contributed by atoms with van der Waals surface area (Å²) in [5, 5.41) is 0. The largest absolute Gasteiger partial charge is 0.493 e. The molecule has 0 atom stereocenters. The van der Waals surface area contributed by atoms with E-state index in [0.29, 0.717) is 21.8 Å². The maximum Gasteiger partial charge on any atom is 0.203 e. The third-order valence-electron chi connectivity index (χ3n) is 2.04. The fourth-order valence-corrected chi connectivity index (χ4v) is 1.92. The van der Waals surface area contributed by atoms with Crippen LogP contribution in [0.25, 0.3) is 11.4 Å². The van der Waals surface area contributed by atoms with Crippen LogP contribution in [0.1, 0.15) is 0 Å². The highest BCUT2D eigenvalue weighted by Crippen LogP contribution is 2.31. The number of hydrogen-bond acceptors (Lipinski definition) is 5. The third-order valence-corrected chi connectivity index (χ3v) is 2.84. The summed E-state index contributed by atoms with van der Waals surface area (Å²) in [6.07, 6.45) is 0. The van der Waals surface area contributed by atoms with Crippen LogP contribution in [-0.4, -0.2) is 23.6 Å². The molecule has 1 heterocycles. The van der Waals surface area contributed by atoms with Crippen molar-refractivity contribution in [3.05, 3.63) is 22.7 Å². The summed E-state index contributed by atoms with van der Waals surface area (Å²) < 4.78 is 14.9. The maximum absolute atomic E-state index is 5.73. The molecule has 0 amide bonds. The van der Waals surface area contributed by atoms with E-state index in [0.717, 1.165) is 17.1 Å². The minimum Gasteiger partial charge on any atom is -0.493 e. The Balaban J connectivity index is 2.43.